The van der Waals surface area contributed by atoms with Crippen molar-refractivity contribution in [2.75, 3.05) is 13.2 Å². The van der Waals surface area contributed by atoms with Crippen LogP contribution in [0.2, 0.25) is 0 Å². The standard InChI is InChI=1S/C19H16F9N3O2/c1-2-31-15(33-11-5-6-32-9-11)8-14(19(26,27)28)30-16(31)29-13-4-3-10(17(20,21)22)7-12(13)18(23,24)25/h3-4,7-8,11H,2,5-6,9H2,1H3. The molecule has 1 aliphatic rings. The van der Waals surface area contributed by atoms with Crippen molar-refractivity contribution in [2.24, 2.45) is 4.99 Å². The highest BCUT2D eigenvalue weighted by atomic mass is 19.4. The van der Waals surface area contributed by atoms with E-state index in [1.165, 1.54) is 6.92 Å². The van der Waals surface area contributed by atoms with Crippen molar-refractivity contribution in [1.82, 2.24) is 9.55 Å². The van der Waals surface area contributed by atoms with E-state index >= 15 is 0 Å². The van der Waals surface area contributed by atoms with Gasteiger partial charge in [0.05, 0.1) is 30.0 Å². The number of rotatable bonds is 4. The number of halogens is 9. The van der Waals surface area contributed by atoms with Gasteiger partial charge in [0, 0.05) is 19.0 Å². The second-order valence-corrected chi connectivity index (χ2v) is 6.96. The maximum atomic E-state index is 13.4. The molecule has 0 aliphatic carbocycles. The molecule has 0 saturated carbocycles. The third kappa shape index (κ3) is 5.78. The molecular weight excluding hydrogens is 473 g/mol. The number of aromatic nitrogens is 2. The molecule has 5 nitrogen and oxygen atoms in total. The second-order valence-electron chi connectivity index (χ2n) is 6.96. The zero-order valence-corrected chi connectivity index (χ0v) is 16.8. The number of alkyl halides is 9. The molecule has 2 aromatic rings. The lowest BCUT2D eigenvalue weighted by atomic mass is 10.1. The molecule has 0 amide bonds. The predicted molar refractivity (Wildman–Crippen MR) is 94.4 cm³/mol. The molecule has 2 heterocycles. The number of hydrogen-bond donors (Lipinski definition) is 0. The Morgan fingerprint density at radius 3 is 2.24 bits per heavy atom. The largest absolute Gasteiger partial charge is 0.473 e. The zero-order valence-electron chi connectivity index (χ0n) is 16.8. The van der Waals surface area contributed by atoms with Gasteiger partial charge in [0.2, 0.25) is 5.62 Å². The fourth-order valence-electron chi connectivity index (χ4n) is 3.04. The van der Waals surface area contributed by atoms with Crippen molar-refractivity contribution >= 4 is 5.69 Å². The Morgan fingerprint density at radius 1 is 1.03 bits per heavy atom. The van der Waals surface area contributed by atoms with E-state index in [2.05, 4.69) is 9.98 Å². The Balaban J connectivity index is 2.25. The van der Waals surface area contributed by atoms with Gasteiger partial charge in [0.15, 0.2) is 11.6 Å². The van der Waals surface area contributed by atoms with Crippen LogP contribution in [0.5, 0.6) is 5.88 Å². The first-order valence-corrected chi connectivity index (χ1v) is 9.46. The van der Waals surface area contributed by atoms with Crippen LogP contribution in [-0.4, -0.2) is 28.9 Å². The number of ether oxygens (including phenoxy) is 2. The maximum absolute atomic E-state index is 13.4. The summed E-state index contributed by atoms with van der Waals surface area (Å²) in [5.41, 5.74) is -6.68. The zero-order chi connectivity index (χ0) is 24.6. The van der Waals surface area contributed by atoms with Gasteiger partial charge >= 0.3 is 18.5 Å². The normalized spacial score (nSPS) is 18.1. The summed E-state index contributed by atoms with van der Waals surface area (Å²) in [6.45, 7) is 1.76. The van der Waals surface area contributed by atoms with Gasteiger partial charge in [-0.1, -0.05) is 0 Å². The van der Waals surface area contributed by atoms with E-state index in [1.807, 2.05) is 0 Å². The van der Waals surface area contributed by atoms with Crippen LogP contribution in [0.15, 0.2) is 29.3 Å². The highest BCUT2D eigenvalue weighted by Crippen LogP contribution is 2.40. The first-order valence-electron chi connectivity index (χ1n) is 9.46. The van der Waals surface area contributed by atoms with Crippen molar-refractivity contribution in [1.29, 1.82) is 0 Å². The van der Waals surface area contributed by atoms with Crippen molar-refractivity contribution < 1.29 is 49.0 Å². The maximum Gasteiger partial charge on any atom is 0.433 e. The summed E-state index contributed by atoms with van der Waals surface area (Å²) >= 11 is 0. The molecule has 1 aromatic carbocycles. The van der Waals surface area contributed by atoms with Crippen LogP contribution in [0, 0.1) is 0 Å². The lowest BCUT2D eigenvalue weighted by Crippen LogP contribution is -2.31. The first kappa shape index (κ1) is 24.9. The Kier molecular flexibility index (Phi) is 6.69. The van der Waals surface area contributed by atoms with E-state index in [9.17, 15) is 39.5 Å². The average molecular weight is 489 g/mol. The van der Waals surface area contributed by atoms with Crippen molar-refractivity contribution in [2.45, 2.75) is 44.5 Å². The molecule has 0 spiro atoms. The molecule has 14 heteroatoms. The molecule has 1 aromatic heterocycles. The van der Waals surface area contributed by atoms with Gasteiger partial charge in [-0.3, -0.25) is 4.57 Å². The van der Waals surface area contributed by atoms with E-state index in [-0.39, 0.29) is 25.1 Å². The van der Waals surface area contributed by atoms with Crippen LogP contribution in [-0.2, 0) is 29.8 Å². The Bertz CT molecular complexity index is 1070. The third-order valence-electron chi connectivity index (χ3n) is 4.62. The third-order valence-corrected chi connectivity index (χ3v) is 4.62. The molecule has 1 saturated heterocycles. The van der Waals surface area contributed by atoms with Crippen molar-refractivity contribution in [3.05, 3.63) is 46.7 Å². The van der Waals surface area contributed by atoms with Crippen LogP contribution in [0.25, 0.3) is 0 Å². The molecule has 3 rings (SSSR count). The number of nitrogens with zero attached hydrogens (tertiary/aromatic N) is 3. The van der Waals surface area contributed by atoms with Gasteiger partial charge in [-0.25, -0.2) is 9.98 Å². The molecule has 1 unspecified atom stereocenters. The first-order chi connectivity index (χ1) is 15.2. The van der Waals surface area contributed by atoms with Gasteiger partial charge < -0.3 is 9.47 Å². The summed E-state index contributed by atoms with van der Waals surface area (Å²) in [6.07, 6.45) is -15.6. The minimum Gasteiger partial charge on any atom is -0.473 e. The Morgan fingerprint density at radius 2 is 1.73 bits per heavy atom. The number of hydrogen-bond acceptors (Lipinski definition) is 4. The number of benzene rings is 1. The molecule has 1 aliphatic heterocycles. The van der Waals surface area contributed by atoms with Crippen molar-refractivity contribution in [3.8, 4) is 5.88 Å². The summed E-state index contributed by atoms with van der Waals surface area (Å²) < 4.78 is 131. The van der Waals surface area contributed by atoms with E-state index < -0.39 is 52.8 Å². The van der Waals surface area contributed by atoms with Crippen LogP contribution in [0.1, 0.15) is 30.2 Å². The molecule has 0 radical (unpaired) electrons. The minimum atomic E-state index is -5.26. The summed E-state index contributed by atoms with van der Waals surface area (Å²) in [7, 11) is 0. The van der Waals surface area contributed by atoms with Crippen LogP contribution in [0.3, 0.4) is 0 Å². The van der Waals surface area contributed by atoms with E-state index in [0.29, 0.717) is 31.2 Å². The van der Waals surface area contributed by atoms with Gasteiger partial charge in [0.25, 0.3) is 0 Å². The van der Waals surface area contributed by atoms with Gasteiger partial charge in [0.1, 0.15) is 6.10 Å². The van der Waals surface area contributed by atoms with Crippen LogP contribution in [0.4, 0.5) is 45.2 Å². The van der Waals surface area contributed by atoms with Gasteiger partial charge in [-0.05, 0) is 25.1 Å². The molecule has 33 heavy (non-hydrogen) atoms. The summed E-state index contributed by atoms with van der Waals surface area (Å²) in [6, 6.07) is 1.21. The summed E-state index contributed by atoms with van der Waals surface area (Å²) in [5, 5.41) is 0. The van der Waals surface area contributed by atoms with Crippen LogP contribution >= 0.6 is 0 Å². The molecule has 1 fully saturated rings. The molecule has 182 valence electrons. The average Bonchev–Trinajstić information content (AvgIpc) is 3.18. The highest BCUT2D eigenvalue weighted by Gasteiger charge is 2.39. The van der Waals surface area contributed by atoms with Crippen molar-refractivity contribution in [3.63, 3.8) is 0 Å². The molecular formula is C19H16F9N3O2. The molecule has 1 atom stereocenters. The van der Waals surface area contributed by atoms with Gasteiger partial charge in [-0.2, -0.15) is 39.5 Å². The summed E-state index contributed by atoms with van der Waals surface area (Å²) in [5.74, 6) is -0.366. The molecule has 0 bridgehead atoms. The Labute approximate surface area is 180 Å². The minimum absolute atomic E-state index is 0.0942. The van der Waals surface area contributed by atoms with E-state index in [1.54, 1.807) is 0 Å². The highest BCUT2D eigenvalue weighted by molar-refractivity contribution is 5.50. The Hall–Kier alpha value is -2.77. The predicted octanol–water partition coefficient (Wildman–Crippen LogP) is 5.36. The fourth-order valence-corrected chi connectivity index (χ4v) is 3.04. The summed E-state index contributed by atoms with van der Waals surface area (Å²) in [4.78, 5) is 6.87. The van der Waals surface area contributed by atoms with Gasteiger partial charge in [-0.15, -0.1) is 0 Å². The lowest BCUT2D eigenvalue weighted by Gasteiger charge is -2.19. The van der Waals surface area contributed by atoms with E-state index in [4.69, 9.17) is 9.47 Å². The quantitative estimate of drug-likeness (QED) is 0.544. The van der Waals surface area contributed by atoms with E-state index in [0.717, 1.165) is 4.57 Å². The smallest absolute Gasteiger partial charge is 0.433 e. The fraction of sp³-hybridized carbons (Fsp3) is 0.474. The molecule has 0 N–H and O–H groups in total. The monoisotopic (exact) mass is 489 g/mol. The lowest BCUT2D eigenvalue weighted by molar-refractivity contribution is -0.143. The second kappa shape index (κ2) is 8.88. The van der Waals surface area contributed by atoms with Crippen LogP contribution < -0.4 is 10.4 Å². The topological polar surface area (TPSA) is 48.6 Å². The SMILES string of the molecule is CCn1c(OC2CCOC2)cc(C(F)(F)F)nc1=Nc1ccc(C(F)(F)F)cc1C(F)(F)F.